The summed E-state index contributed by atoms with van der Waals surface area (Å²) in [4.78, 5) is 17.5. The maximum Gasteiger partial charge on any atom is 0.338 e. The minimum absolute atomic E-state index is 0.160. The number of esters is 1. The molecule has 1 fully saturated rings. The van der Waals surface area contributed by atoms with Crippen LogP contribution in [0.1, 0.15) is 24.1 Å². The molecule has 2 aromatic carbocycles. The van der Waals surface area contributed by atoms with Gasteiger partial charge in [-0.15, -0.1) is 0 Å². The third kappa shape index (κ3) is 5.48. The second kappa shape index (κ2) is 11.7. The summed E-state index contributed by atoms with van der Waals surface area (Å²) in [6, 6.07) is 13.6. The van der Waals surface area contributed by atoms with Gasteiger partial charge < -0.3 is 29.2 Å². The third-order valence-corrected chi connectivity index (χ3v) is 6.70. The number of nitrogens with zero attached hydrogens (tertiary/aromatic N) is 2. The van der Waals surface area contributed by atoms with Crippen molar-refractivity contribution in [3.05, 3.63) is 64.9 Å². The van der Waals surface area contributed by atoms with Crippen LogP contribution in [0.3, 0.4) is 0 Å². The third-order valence-electron chi connectivity index (χ3n) is 6.40. The van der Waals surface area contributed by atoms with Gasteiger partial charge >= 0.3 is 5.97 Å². The normalized spacial score (nSPS) is 18.2. The molecule has 1 N–H and O–H groups in total. The Bertz CT molecular complexity index is 1130. The lowest BCUT2D eigenvalue weighted by molar-refractivity contribution is -0.140. The number of allylic oxidation sites excluding steroid dienone is 1. The number of morpholine rings is 1. The molecule has 36 heavy (non-hydrogen) atoms. The molecule has 2 aliphatic heterocycles. The first-order valence-electron chi connectivity index (χ1n) is 12.0. The van der Waals surface area contributed by atoms with Crippen LogP contribution in [0, 0.1) is 6.92 Å². The molecule has 0 radical (unpaired) electrons. The topological polar surface area (TPSA) is 72.5 Å². The largest absolute Gasteiger partial charge is 0.495 e. The SMILES string of the molecule is COCCOC(=O)C1=C(C)N(c2cc(C)ccc2OC)C(=S)N[C@H]1c1ccc(N2CCOCC2)cc1. The molecule has 0 unspecified atom stereocenters. The molecule has 0 bridgehead atoms. The molecule has 2 aromatic rings. The predicted octanol–water partition coefficient (Wildman–Crippen LogP) is 3.74. The first kappa shape index (κ1) is 25.9. The number of aryl methyl sites for hydroxylation is 1. The number of anilines is 2. The molecule has 0 aromatic heterocycles. The van der Waals surface area contributed by atoms with Crippen molar-refractivity contribution in [3.63, 3.8) is 0 Å². The molecular formula is C27H33N3O5S. The molecule has 9 heteroatoms. The number of rotatable bonds is 8. The summed E-state index contributed by atoms with van der Waals surface area (Å²) in [5.41, 5.74) is 5.02. The number of carbonyl (C=O) groups excluding carboxylic acids is 1. The van der Waals surface area contributed by atoms with Crippen LogP contribution in [0.4, 0.5) is 11.4 Å². The Morgan fingerprint density at radius 2 is 1.81 bits per heavy atom. The second-order valence-electron chi connectivity index (χ2n) is 8.71. The van der Waals surface area contributed by atoms with Gasteiger partial charge in [-0.1, -0.05) is 18.2 Å². The number of methoxy groups -OCH3 is 2. The smallest absolute Gasteiger partial charge is 0.338 e. The molecule has 0 amide bonds. The maximum atomic E-state index is 13.4. The van der Waals surface area contributed by atoms with E-state index in [4.69, 9.17) is 31.2 Å². The Morgan fingerprint density at radius 1 is 1.08 bits per heavy atom. The second-order valence-corrected chi connectivity index (χ2v) is 9.10. The lowest BCUT2D eigenvalue weighted by Gasteiger charge is -2.38. The fraction of sp³-hybridized carbons (Fsp3) is 0.407. The van der Waals surface area contributed by atoms with Crippen LogP contribution in [0.2, 0.25) is 0 Å². The van der Waals surface area contributed by atoms with E-state index in [1.807, 2.05) is 49.1 Å². The van der Waals surface area contributed by atoms with Crippen LogP contribution in [-0.2, 0) is 19.0 Å². The molecule has 0 aliphatic carbocycles. The van der Waals surface area contributed by atoms with Crippen molar-refractivity contribution in [3.8, 4) is 5.75 Å². The summed E-state index contributed by atoms with van der Waals surface area (Å²) >= 11 is 5.82. The van der Waals surface area contributed by atoms with Gasteiger partial charge in [-0.25, -0.2) is 4.79 Å². The van der Waals surface area contributed by atoms with Crippen molar-refractivity contribution in [1.82, 2.24) is 5.32 Å². The fourth-order valence-corrected chi connectivity index (χ4v) is 4.87. The Kier molecular flexibility index (Phi) is 8.45. The minimum Gasteiger partial charge on any atom is -0.495 e. The lowest BCUT2D eigenvalue weighted by Crippen LogP contribution is -2.48. The Balaban J connectivity index is 1.73. The van der Waals surface area contributed by atoms with E-state index in [1.54, 1.807) is 14.2 Å². The Labute approximate surface area is 217 Å². The summed E-state index contributed by atoms with van der Waals surface area (Å²) in [5, 5.41) is 3.86. The maximum absolute atomic E-state index is 13.4. The van der Waals surface area contributed by atoms with E-state index in [2.05, 4.69) is 22.3 Å². The van der Waals surface area contributed by atoms with E-state index in [9.17, 15) is 4.79 Å². The summed E-state index contributed by atoms with van der Waals surface area (Å²) in [7, 11) is 3.19. The Morgan fingerprint density at radius 3 is 2.47 bits per heavy atom. The van der Waals surface area contributed by atoms with Gasteiger partial charge in [0.05, 0.1) is 44.2 Å². The van der Waals surface area contributed by atoms with Crippen LogP contribution in [-0.4, -0.2) is 64.8 Å². The molecule has 2 heterocycles. The van der Waals surface area contributed by atoms with Crippen molar-refractivity contribution in [2.75, 3.05) is 63.5 Å². The molecule has 2 aliphatic rings. The fourth-order valence-electron chi connectivity index (χ4n) is 4.52. The molecule has 8 nitrogen and oxygen atoms in total. The zero-order chi connectivity index (χ0) is 25.7. The van der Waals surface area contributed by atoms with Gasteiger partial charge in [0.25, 0.3) is 0 Å². The lowest BCUT2D eigenvalue weighted by atomic mass is 9.94. The Hall–Kier alpha value is -3.14. The number of thiocarbonyl (C=S) groups is 1. The van der Waals surface area contributed by atoms with Gasteiger partial charge in [0.1, 0.15) is 12.4 Å². The number of nitrogens with one attached hydrogen (secondary N) is 1. The van der Waals surface area contributed by atoms with Crippen molar-refractivity contribution in [1.29, 1.82) is 0 Å². The van der Waals surface area contributed by atoms with Crippen LogP contribution < -0.4 is 19.9 Å². The van der Waals surface area contributed by atoms with Gasteiger partial charge in [0, 0.05) is 31.6 Å². The van der Waals surface area contributed by atoms with Gasteiger partial charge in [-0.05, 0) is 61.5 Å². The first-order chi connectivity index (χ1) is 17.4. The van der Waals surface area contributed by atoms with Gasteiger partial charge in [0.2, 0.25) is 0 Å². The highest BCUT2D eigenvalue weighted by atomic mass is 32.1. The molecule has 0 saturated carbocycles. The van der Waals surface area contributed by atoms with Crippen molar-refractivity contribution >= 4 is 34.7 Å². The number of hydrogen-bond acceptors (Lipinski definition) is 7. The molecule has 1 atom stereocenters. The van der Waals surface area contributed by atoms with E-state index in [0.717, 1.165) is 48.8 Å². The highest BCUT2D eigenvalue weighted by Gasteiger charge is 2.36. The van der Waals surface area contributed by atoms with Gasteiger partial charge in [0.15, 0.2) is 5.11 Å². The standard InChI is InChI=1S/C27H33N3O5S/c1-18-5-10-23(33-4)22(17-18)30-19(2)24(26(31)35-16-15-32-3)25(28-27(30)36)20-6-8-21(9-7-20)29-11-13-34-14-12-29/h5-10,17,25H,11-16H2,1-4H3,(H,28,36)/t25-/m0/s1. The summed E-state index contributed by atoms with van der Waals surface area (Å²) in [6.45, 7) is 7.52. The summed E-state index contributed by atoms with van der Waals surface area (Å²) < 4.78 is 21.7. The highest BCUT2D eigenvalue weighted by molar-refractivity contribution is 7.80. The van der Waals surface area contributed by atoms with E-state index >= 15 is 0 Å². The van der Waals surface area contributed by atoms with E-state index in [1.165, 1.54) is 0 Å². The summed E-state index contributed by atoms with van der Waals surface area (Å²) in [6.07, 6.45) is 0. The molecule has 0 spiro atoms. The van der Waals surface area contributed by atoms with Crippen LogP contribution in [0.15, 0.2) is 53.7 Å². The van der Waals surface area contributed by atoms with Gasteiger partial charge in [-0.3, -0.25) is 4.90 Å². The molecule has 4 rings (SSSR count). The van der Waals surface area contributed by atoms with E-state index in [0.29, 0.717) is 28.7 Å². The van der Waals surface area contributed by atoms with Crippen molar-refractivity contribution in [2.24, 2.45) is 0 Å². The number of benzene rings is 2. The molecule has 1 saturated heterocycles. The monoisotopic (exact) mass is 511 g/mol. The van der Waals surface area contributed by atoms with E-state index < -0.39 is 12.0 Å². The zero-order valence-electron chi connectivity index (χ0n) is 21.2. The van der Waals surface area contributed by atoms with E-state index in [-0.39, 0.29) is 6.61 Å². The minimum atomic E-state index is -0.460. The number of ether oxygens (including phenoxy) is 4. The van der Waals surface area contributed by atoms with Crippen LogP contribution in [0.5, 0.6) is 5.75 Å². The number of carbonyl (C=O) groups is 1. The predicted molar refractivity (Wildman–Crippen MR) is 144 cm³/mol. The molecule has 192 valence electrons. The van der Waals surface area contributed by atoms with Crippen molar-refractivity contribution < 1.29 is 23.7 Å². The quantitative estimate of drug-likeness (QED) is 0.324. The molecular weight excluding hydrogens is 478 g/mol. The summed E-state index contributed by atoms with van der Waals surface area (Å²) in [5.74, 6) is 0.239. The highest BCUT2D eigenvalue weighted by Crippen LogP contribution is 2.38. The van der Waals surface area contributed by atoms with Crippen LogP contribution in [0.25, 0.3) is 0 Å². The first-order valence-corrected chi connectivity index (χ1v) is 12.4. The van der Waals surface area contributed by atoms with Crippen molar-refractivity contribution in [2.45, 2.75) is 19.9 Å². The average Bonchev–Trinajstić information content (AvgIpc) is 2.89. The van der Waals surface area contributed by atoms with Gasteiger partial charge in [-0.2, -0.15) is 0 Å². The average molecular weight is 512 g/mol. The zero-order valence-corrected chi connectivity index (χ0v) is 22.0. The van der Waals surface area contributed by atoms with Crippen LogP contribution >= 0.6 is 12.2 Å². The number of hydrogen-bond donors (Lipinski definition) is 1.